The number of hydrogen-bond acceptors (Lipinski definition) is 4. The number of aliphatic hydroxyl groups is 1. The van der Waals surface area contributed by atoms with Gasteiger partial charge in [0.25, 0.3) is 0 Å². The summed E-state index contributed by atoms with van der Waals surface area (Å²) in [7, 11) is 3.22. The lowest BCUT2D eigenvalue weighted by Crippen LogP contribution is -2.43. The predicted molar refractivity (Wildman–Crippen MR) is 70.1 cm³/mol. The maximum absolute atomic E-state index is 10.8. The zero-order valence-corrected chi connectivity index (χ0v) is 11.2. The van der Waals surface area contributed by atoms with Crippen LogP contribution in [-0.4, -0.2) is 31.9 Å². The van der Waals surface area contributed by atoms with Gasteiger partial charge in [-0.05, 0) is 38.4 Å². The molecule has 1 aliphatic rings. The molecule has 2 atom stereocenters. The zero-order chi connectivity index (χ0) is 13.2. The number of methoxy groups -OCH3 is 2. The molecular formula is C14H21NO3. The van der Waals surface area contributed by atoms with Gasteiger partial charge in [-0.15, -0.1) is 0 Å². The minimum atomic E-state index is -0.936. The molecule has 18 heavy (non-hydrogen) atoms. The predicted octanol–water partition coefficient (Wildman–Crippen LogP) is 1.66. The number of hydrogen-bond donors (Lipinski definition) is 2. The van der Waals surface area contributed by atoms with E-state index in [0.29, 0.717) is 5.75 Å². The average molecular weight is 251 g/mol. The summed E-state index contributed by atoms with van der Waals surface area (Å²) in [4.78, 5) is 0. The highest BCUT2D eigenvalue weighted by Crippen LogP contribution is 2.37. The van der Waals surface area contributed by atoms with Gasteiger partial charge in [0.2, 0.25) is 0 Å². The van der Waals surface area contributed by atoms with E-state index in [1.165, 1.54) is 0 Å². The molecule has 1 aliphatic heterocycles. The molecule has 0 aromatic heterocycles. The van der Waals surface area contributed by atoms with Gasteiger partial charge in [-0.25, -0.2) is 0 Å². The molecule has 1 heterocycles. The van der Waals surface area contributed by atoms with Gasteiger partial charge in [0.15, 0.2) is 0 Å². The molecule has 0 spiro atoms. The van der Waals surface area contributed by atoms with Crippen molar-refractivity contribution in [2.24, 2.45) is 0 Å². The maximum Gasteiger partial charge on any atom is 0.128 e. The topological polar surface area (TPSA) is 50.7 Å². The van der Waals surface area contributed by atoms with Crippen molar-refractivity contribution in [2.45, 2.75) is 31.4 Å². The second kappa shape index (κ2) is 5.16. The van der Waals surface area contributed by atoms with Crippen molar-refractivity contribution in [1.82, 2.24) is 5.32 Å². The second-order valence-corrected chi connectivity index (χ2v) is 4.86. The van der Waals surface area contributed by atoms with Gasteiger partial charge < -0.3 is 19.9 Å². The summed E-state index contributed by atoms with van der Waals surface area (Å²) < 4.78 is 10.5. The number of rotatable bonds is 4. The summed E-state index contributed by atoms with van der Waals surface area (Å²) in [5, 5.41) is 14.1. The third-order valence-electron chi connectivity index (χ3n) is 3.69. The lowest BCUT2D eigenvalue weighted by atomic mass is 9.86. The Morgan fingerprint density at radius 3 is 2.67 bits per heavy atom. The molecule has 1 saturated heterocycles. The summed E-state index contributed by atoms with van der Waals surface area (Å²) in [6.07, 6.45) is 2.07. The van der Waals surface area contributed by atoms with Crippen molar-refractivity contribution in [3.05, 3.63) is 23.8 Å². The Bertz CT molecular complexity index is 412. The fourth-order valence-electron chi connectivity index (χ4n) is 2.57. The van der Waals surface area contributed by atoms with E-state index in [1.54, 1.807) is 20.3 Å². The summed E-state index contributed by atoms with van der Waals surface area (Å²) >= 11 is 0. The van der Waals surface area contributed by atoms with Crippen molar-refractivity contribution in [1.29, 1.82) is 0 Å². The van der Waals surface area contributed by atoms with Crippen LogP contribution in [-0.2, 0) is 5.60 Å². The Morgan fingerprint density at radius 2 is 2.11 bits per heavy atom. The Morgan fingerprint density at radius 1 is 1.33 bits per heavy atom. The molecule has 4 nitrogen and oxygen atoms in total. The van der Waals surface area contributed by atoms with Crippen molar-refractivity contribution < 1.29 is 14.6 Å². The van der Waals surface area contributed by atoms with Crippen LogP contribution in [0.3, 0.4) is 0 Å². The average Bonchev–Trinajstić information content (AvgIpc) is 2.92. The molecule has 0 radical (unpaired) electrons. The second-order valence-electron chi connectivity index (χ2n) is 4.86. The normalized spacial score (nSPS) is 22.6. The minimum absolute atomic E-state index is 0.0693. The monoisotopic (exact) mass is 251 g/mol. The Kier molecular flexibility index (Phi) is 3.78. The summed E-state index contributed by atoms with van der Waals surface area (Å²) in [5.41, 5.74) is -0.140. The number of nitrogens with one attached hydrogen (secondary N) is 1. The molecule has 2 N–H and O–H groups in total. The maximum atomic E-state index is 10.8. The molecule has 2 unspecified atom stereocenters. The third kappa shape index (κ3) is 2.31. The molecule has 100 valence electrons. The SMILES string of the molecule is COc1ccc(C(C)(O)C2CCCN2)c(OC)c1. The van der Waals surface area contributed by atoms with Gasteiger partial charge in [0, 0.05) is 17.7 Å². The molecule has 0 aliphatic carbocycles. The lowest BCUT2D eigenvalue weighted by molar-refractivity contribution is 0.0196. The van der Waals surface area contributed by atoms with Crippen LogP contribution in [0.25, 0.3) is 0 Å². The van der Waals surface area contributed by atoms with Crippen LogP contribution in [0.4, 0.5) is 0 Å². The van der Waals surface area contributed by atoms with Gasteiger partial charge in [-0.3, -0.25) is 0 Å². The van der Waals surface area contributed by atoms with E-state index in [1.807, 2.05) is 19.1 Å². The highest BCUT2D eigenvalue weighted by molar-refractivity contribution is 5.44. The van der Waals surface area contributed by atoms with Gasteiger partial charge in [-0.1, -0.05) is 0 Å². The smallest absolute Gasteiger partial charge is 0.128 e. The van der Waals surface area contributed by atoms with E-state index in [-0.39, 0.29) is 6.04 Å². The van der Waals surface area contributed by atoms with Crippen LogP contribution in [0.1, 0.15) is 25.3 Å². The van der Waals surface area contributed by atoms with Crippen LogP contribution in [0, 0.1) is 0 Å². The summed E-state index contributed by atoms with van der Waals surface area (Å²) in [5.74, 6) is 1.39. The van der Waals surface area contributed by atoms with E-state index < -0.39 is 5.60 Å². The Balaban J connectivity index is 2.36. The largest absolute Gasteiger partial charge is 0.497 e. The van der Waals surface area contributed by atoms with E-state index in [2.05, 4.69) is 5.32 Å². The van der Waals surface area contributed by atoms with E-state index in [4.69, 9.17) is 9.47 Å². The minimum Gasteiger partial charge on any atom is -0.497 e. The first-order valence-corrected chi connectivity index (χ1v) is 6.28. The van der Waals surface area contributed by atoms with Gasteiger partial charge >= 0.3 is 0 Å². The number of benzene rings is 1. The first-order chi connectivity index (χ1) is 8.59. The molecule has 1 fully saturated rings. The zero-order valence-electron chi connectivity index (χ0n) is 11.2. The van der Waals surface area contributed by atoms with Crippen LogP contribution < -0.4 is 14.8 Å². The quantitative estimate of drug-likeness (QED) is 0.854. The van der Waals surface area contributed by atoms with E-state index in [0.717, 1.165) is 30.7 Å². The standard InChI is InChI=1S/C14H21NO3/c1-14(16,13-5-4-8-15-13)11-7-6-10(17-2)9-12(11)18-3/h6-7,9,13,15-16H,4-5,8H2,1-3H3. The molecule has 0 saturated carbocycles. The molecule has 1 aromatic carbocycles. The van der Waals surface area contributed by atoms with Gasteiger partial charge in [0.05, 0.1) is 14.2 Å². The molecule has 2 rings (SSSR count). The first-order valence-electron chi connectivity index (χ1n) is 6.28. The van der Waals surface area contributed by atoms with Gasteiger partial charge in [0.1, 0.15) is 17.1 Å². The fourth-order valence-corrected chi connectivity index (χ4v) is 2.57. The molecule has 1 aromatic rings. The first kappa shape index (κ1) is 13.2. The lowest BCUT2D eigenvalue weighted by Gasteiger charge is -2.32. The Hall–Kier alpha value is -1.26. The van der Waals surface area contributed by atoms with Crippen molar-refractivity contribution in [3.63, 3.8) is 0 Å². The van der Waals surface area contributed by atoms with Crippen molar-refractivity contribution in [3.8, 4) is 11.5 Å². The highest BCUT2D eigenvalue weighted by atomic mass is 16.5. The van der Waals surface area contributed by atoms with Crippen LogP contribution >= 0.6 is 0 Å². The molecule has 0 amide bonds. The van der Waals surface area contributed by atoms with Crippen LogP contribution in [0.15, 0.2) is 18.2 Å². The molecule has 4 heteroatoms. The van der Waals surface area contributed by atoms with Gasteiger partial charge in [-0.2, -0.15) is 0 Å². The third-order valence-corrected chi connectivity index (χ3v) is 3.69. The fraction of sp³-hybridized carbons (Fsp3) is 0.571. The summed E-state index contributed by atoms with van der Waals surface area (Å²) in [6, 6.07) is 5.59. The van der Waals surface area contributed by atoms with E-state index in [9.17, 15) is 5.11 Å². The summed E-state index contributed by atoms with van der Waals surface area (Å²) in [6.45, 7) is 2.79. The van der Waals surface area contributed by atoms with E-state index >= 15 is 0 Å². The van der Waals surface area contributed by atoms with Crippen molar-refractivity contribution >= 4 is 0 Å². The number of ether oxygens (including phenoxy) is 2. The van der Waals surface area contributed by atoms with Crippen molar-refractivity contribution in [2.75, 3.05) is 20.8 Å². The van der Waals surface area contributed by atoms with Crippen LogP contribution in [0.2, 0.25) is 0 Å². The highest BCUT2D eigenvalue weighted by Gasteiger charge is 2.37. The molecule has 0 bridgehead atoms. The Labute approximate surface area is 108 Å². The van der Waals surface area contributed by atoms with Crippen LogP contribution in [0.5, 0.6) is 11.5 Å². The molecular weight excluding hydrogens is 230 g/mol.